The molecule has 0 radical (unpaired) electrons. The highest BCUT2D eigenvalue weighted by Crippen LogP contribution is 2.41. The predicted molar refractivity (Wildman–Crippen MR) is 63.9 cm³/mol. The quantitative estimate of drug-likeness (QED) is 0.632. The molecule has 0 saturated carbocycles. The Labute approximate surface area is 92.3 Å². The zero-order valence-electron chi connectivity index (χ0n) is 9.69. The lowest BCUT2D eigenvalue weighted by molar-refractivity contribution is 0.225. The van der Waals surface area contributed by atoms with Crippen molar-refractivity contribution in [3.05, 3.63) is 34.9 Å². The van der Waals surface area contributed by atoms with Gasteiger partial charge in [-0.3, -0.25) is 0 Å². The molecule has 0 unspecified atom stereocenters. The molecule has 14 heavy (non-hydrogen) atoms. The van der Waals surface area contributed by atoms with E-state index < -0.39 is 0 Å². The molecule has 0 bridgehead atoms. The van der Waals surface area contributed by atoms with Gasteiger partial charge in [0, 0.05) is 5.02 Å². The molecule has 0 aliphatic heterocycles. The van der Waals surface area contributed by atoms with Gasteiger partial charge in [-0.15, -0.1) is 0 Å². The van der Waals surface area contributed by atoms with Gasteiger partial charge in [-0.05, 0) is 28.5 Å². The summed E-state index contributed by atoms with van der Waals surface area (Å²) >= 11 is 6.00. The van der Waals surface area contributed by atoms with Crippen LogP contribution in [-0.2, 0) is 5.41 Å². The maximum atomic E-state index is 6.00. The first kappa shape index (κ1) is 11.6. The summed E-state index contributed by atoms with van der Waals surface area (Å²) in [5, 5.41) is 0.819. The third-order valence-electron chi connectivity index (χ3n) is 3.42. The van der Waals surface area contributed by atoms with Crippen molar-refractivity contribution in [2.24, 2.45) is 5.41 Å². The van der Waals surface area contributed by atoms with E-state index in [4.69, 9.17) is 11.6 Å². The third-order valence-corrected chi connectivity index (χ3v) is 3.66. The first-order valence-electron chi connectivity index (χ1n) is 5.01. The van der Waals surface area contributed by atoms with Crippen LogP contribution in [0.3, 0.4) is 0 Å². The van der Waals surface area contributed by atoms with Crippen LogP contribution in [0.5, 0.6) is 0 Å². The van der Waals surface area contributed by atoms with Crippen LogP contribution < -0.4 is 0 Å². The summed E-state index contributed by atoms with van der Waals surface area (Å²) in [6.07, 6.45) is 0. The monoisotopic (exact) mass is 210 g/mol. The Bertz CT molecular complexity index is 318. The average Bonchev–Trinajstić information content (AvgIpc) is 2.02. The van der Waals surface area contributed by atoms with Gasteiger partial charge >= 0.3 is 0 Å². The summed E-state index contributed by atoms with van der Waals surface area (Å²) in [7, 11) is 0. The molecule has 0 aliphatic rings. The van der Waals surface area contributed by atoms with Crippen molar-refractivity contribution >= 4 is 11.6 Å². The van der Waals surface area contributed by atoms with E-state index >= 15 is 0 Å². The second kappa shape index (κ2) is 3.58. The highest BCUT2D eigenvalue weighted by atomic mass is 35.5. The van der Waals surface area contributed by atoms with Crippen LogP contribution in [0.1, 0.15) is 40.2 Å². The molecule has 78 valence electrons. The Morgan fingerprint density at radius 2 is 1.57 bits per heavy atom. The summed E-state index contributed by atoms with van der Waals surface area (Å²) in [5.74, 6) is 0. The van der Waals surface area contributed by atoms with Gasteiger partial charge in [-0.2, -0.15) is 0 Å². The second-order valence-corrected chi connectivity index (χ2v) is 5.82. The molecule has 0 fully saturated rings. The summed E-state index contributed by atoms with van der Waals surface area (Å²) in [6.45, 7) is 11.3. The molecule has 1 aromatic rings. The van der Waals surface area contributed by atoms with Crippen LogP contribution in [-0.4, -0.2) is 0 Å². The van der Waals surface area contributed by atoms with E-state index in [0.717, 1.165) is 5.02 Å². The summed E-state index contributed by atoms with van der Waals surface area (Å²) in [6, 6.07) is 8.15. The summed E-state index contributed by atoms with van der Waals surface area (Å²) in [5.41, 5.74) is 1.67. The van der Waals surface area contributed by atoms with Crippen LogP contribution in [0.25, 0.3) is 0 Å². The molecule has 0 amide bonds. The molecule has 0 aliphatic carbocycles. The van der Waals surface area contributed by atoms with E-state index in [0.29, 0.717) is 0 Å². The number of rotatable bonds is 1. The lowest BCUT2D eigenvalue weighted by atomic mass is 9.65. The lowest BCUT2D eigenvalue weighted by Gasteiger charge is -2.39. The van der Waals surface area contributed by atoms with E-state index in [1.54, 1.807) is 0 Å². The summed E-state index contributed by atoms with van der Waals surface area (Å²) < 4.78 is 0. The molecular formula is C13H19Cl. The topological polar surface area (TPSA) is 0 Å². The standard InChI is InChI=1S/C13H19Cl/c1-12(2,3)13(4,5)10-7-6-8-11(14)9-10/h6-9H,1-5H3. The Balaban J connectivity index is 3.16. The van der Waals surface area contributed by atoms with Crippen molar-refractivity contribution in [1.29, 1.82) is 0 Å². The van der Waals surface area contributed by atoms with Gasteiger partial charge < -0.3 is 0 Å². The number of hydrogen-bond donors (Lipinski definition) is 0. The fourth-order valence-corrected chi connectivity index (χ4v) is 1.50. The van der Waals surface area contributed by atoms with E-state index in [9.17, 15) is 0 Å². The van der Waals surface area contributed by atoms with Crippen molar-refractivity contribution in [2.45, 2.75) is 40.0 Å². The first-order chi connectivity index (χ1) is 6.25. The van der Waals surface area contributed by atoms with E-state index in [1.807, 2.05) is 12.1 Å². The van der Waals surface area contributed by atoms with Crippen LogP contribution in [0.4, 0.5) is 0 Å². The van der Waals surface area contributed by atoms with E-state index in [1.165, 1.54) is 5.56 Å². The minimum Gasteiger partial charge on any atom is -0.0843 e. The third kappa shape index (κ3) is 2.12. The summed E-state index contributed by atoms with van der Waals surface area (Å²) in [4.78, 5) is 0. The molecule has 0 nitrogen and oxygen atoms in total. The Hall–Kier alpha value is -0.490. The van der Waals surface area contributed by atoms with Gasteiger partial charge in [0.15, 0.2) is 0 Å². The van der Waals surface area contributed by atoms with Gasteiger partial charge in [0.2, 0.25) is 0 Å². The highest BCUT2D eigenvalue weighted by molar-refractivity contribution is 6.30. The first-order valence-corrected chi connectivity index (χ1v) is 5.39. The Morgan fingerprint density at radius 3 is 2.00 bits per heavy atom. The van der Waals surface area contributed by atoms with Crippen LogP contribution in [0.15, 0.2) is 24.3 Å². The van der Waals surface area contributed by atoms with Crippen molar-refractivity contribution in [2.75, 3.05) is 0 Å². The van der Waals surface area contributed by atoms with E-state index in [2.05, 4.69) is 46.8 Å². The largest absolute Gasteiger partial charge is 0.0843 e. The molecule has 1 heteroatoms. The number of halogens is 1. The van der Waals surface area contributed by atoms with Crippen molar-refractivity contribution < 1.29 is 0 Å². The maximum Gasteiger partial charge on any atom is 0.0408 e. The molecule has 0 aromatic heterocycles. The minimum absolute atomic E-state index is 0.137. The van der Waals surface area contributed by atoms with Gasteiger partial charge in [-0.1, -0.05) is 58.4 Å². The van der Waals surface area contributed by atoms with Gasteiger partial charge in [-0.25, -0.2) is 0 Å². The van der Waals surface area contributed by atoms with Crippen LogP contribution >= 0.6 is 11.6 Å². The fraction of sp³-hybridized carbons (Fsp3) is 0.538. The van der Waals surface area contributed by atoms with Crippen molar-refractivity contribution in [3.8, 4) is 0 Å². The van der Waals surface area contributed by atoms with Crippen LogP contribution in [0, 0.1) is 5.41 Å². The molecule has 0 spiro atoms. The smallest absolute Gasteiger partial charge is 0.0408 e. The van der Waals surface area contributed by atoms with Gasteiger partial charge in [0.1, 0.15) is 0 Å². The molecule has 0 N–H and O–H groups in total. The Morgan fingerprint density at radius 1 is 1.00 bits per heavy atom. The second-order valence-electron chi connectivity index (χ2n) is 5.39. The van der Waals surface area contributed by atoms with E-state index in [-0.39, 0.29) is 10.8 Å². The molecule has 0 atom stereocenters. The minimum atomic E-state index is 0.137. The van der Waals surface area contributed by atoms with Gasteiger partial charge in [0.05, 0.1) is 0 Å². The normalized spacial score (nSPS) is 13.0. The predicted octanol–water partition coefficient (Wildman–Crippen LogP) is 4.66. The molecule has 0 saturated heterocycles. The molecule has 0 heterocycles. The SMILES string of the molecule is CC(C)(C)C(C)(C)c1cccc(Cl)c1. The fourth-order valence-electron chi connectivity index (χ4n) is 1.31. The molecular weight excluding hydrogens is 192 g/mol. The zero-order chi connectivity index (χ0) is 11.0. The van der Waals surface area contributed by atoms with Crippen LogP contribution in [0.2, 0.25) is 5.02 Å². The molecule has 1 aromatic carbocycles. The molecule has 1 rings (SSSR count). The Kier molecular flexibility index (Phi) is 2.96. The number of benzene rings is 1. The average molecular weight is 211 g/mol. The van der Waals surface area contributed by atoms with Crippen molar-refractivity contribution in [3.63, 3.8) is 0 Å². The maximum absolute atomic E-state index is 6.00. The van der Waals surface area contributed by atoms with Crippen molar-refractivity contribution in [1.82, 2.24) is 0 Å². The zero-order valence-corrected chi connectivity index (χ0v) is 10.4. The number of hydrogen-bond acceptors (Lipinski definition) is 0. The highest BCUT2D eigenvalue weighted by Gasteiger charge is 2.34. The van der Waals surface area contributed by atoms with Gasteiger partial charge in [0.25, 0.3) is 0 Å². The lowest BCUT2D eigenvalue weighted by Crippen LogP contribution is -2.33.